The van der Waals surface area contributed by atoms with E-state index in [1.807, 2.05) is 18.7 Å². The van der Waals surface area contributed by atoms with Gasteiger partial charge in [0.2, 0.25) is 0 Å². The molecule has 1 amide bonds. The van der Waals surface area contributed by atoms with E-state index in [4.69, 9.17) is 22.4 Å². The Morgan fingerprint density at radius 3 is 2.40 bits per heavy atom. The predicted molar refractivity (Wildman–Crippen MR) is 81.8 cm³/mol. The molecule has 1 fully saturated rings. The average molecular weight is 295 g/mol. The third-order valence-electron chi connectivity index (χ3n) is 4.05. The van der Waals surface area contributed by atoms with Gasteiger partial charge in [0, 0.05) is 26.2 Å². The third-order valence-corrected chi connectivity index (χ3v) is 4.55. The molecule has 0 saturated carbocycles. The molecule has 2 rings (SSSR count). The van der Waals surface area contributed by atoms with Gasteiger partial charge in [0.15, 0.2) is 0 Å². The number of hydrogen-bond donors (Lipinski definition) is 1. The summed E-state index contributed by atoms with van der Waals surface area (Å²) in [6.07, 6.45) is 1.55. The summed E-state index contributed by atoms with van der Waals surface area (Å²) >= 11 is 5.12. The van der Waals surface area contributed by atoms with Crippen molar-refractivity contribution in [3.05, 3.63) is 23.7 Å². The van der Waals surface area contributed by atoms with Crippen LogP contribution in [-0.2, 0) is 0 Å². The van der Waals surface area contributed by atoms with Crippen LogP contribution in [0.1, 0.15) is 30.0 Å². The molecule has 0 aliphatic carbocycles. The number of carbonyl (C=O) groups is 1. The second-order valence-corrected chi connectivity index (χ2v) is 6.03. The highest BCUT2D eigenvalue weighted by Crippen LogP contribution is 2.19. The predicted octanol–water partition coefficient (Wildman–Crippen LogP) is 1.41. The van der Waals surface area contributed by atoms with E-state index in [2.05, 4.69) is 4.90 Å². The lowest BCUT2D eigenvalue weighted by atomic mass is 10.0. The molecule has 6 heteroatoms. The second kappa shape index (κ2) is 5.54. The fourth-order valence-electron chi connectivity index (χ4n) is 2.40. The molecule has 110 valence electrons. The summed E-state index contributed by atoms with van der Waals surface area (Å²) in [5.74, 6) is 0.699. The van der Waals surface area contributed by atoms with Crippen LogP contribution in [-0.4, -0.2) is 52.4 Å². The maximum atomic E-state index is 12.4. The van der Waals surface area contributed by atoms with Crippen LogP contribution >= 0.6 is 12.2 Å². The maximum absolute atomic E-state index is 12.4. The Labute approximate surface area is 124 Å². The van der Waals surface area contributed by atoms with Gasteiger partial charge in [0.25, 0.3) is 5.91 Å². The Balaban J connectivity index is 2.00. The van der Waals surface area contributed by atoms with E-state index in [0.29, 0.717) is 29.4 Å². The van der Waals surface area contributed by atoms with Crippen LogP contribution < -0.4 is 5.73 Å². The van der Waals surface area contributed by atoms with Gasteiger partial charge in [0.05, 0.1) is 22.4 Å². The molecule has 1 aliphatic heterocycles. The topological polar surface area (TPSA) is 62.7 Å². The highest BCUT2D eigenvalue weighted by Gasteiger charge is 2.33. The fraction of sp³-hybridized carbons (Fsp3) is 0.571. The zero-order chi connectivity index (χ0) is 14.9. The molecule has 2 heterocycles. The first-order chi connectivity index (χ1) is 9.34. The highest BCUT2D eigenvalue weighted by atomic mass is 32.1. The number of furan rings is 1. The second-order valence-electron chi connectivity index (χ2n) is 5.59. The number of aryl methyl sites for hydroxylation is 1. The first-order valence-corrected chi connectivity index (χ1v) is 7.13. The normalized spacial score (nSPS) is 17.2. The Bertz CT molecular complexity index is 516. The summed E-state index contributed by atoms with van der Waals surface area (Å²) in [6.45, 7) is 8.74. The Hall–Kier alpha value is -1.40. The van der Waals surface area contributed by atoms with Gasteiger partial charge < -0.3 is 15.1 Å². The number of hydrogen-bond acceptors (Lipinski definition) is 4. The van der Waals surface area contributed by atoms with E-state index in [9.17, 15) is 4.79 Å². The lowest BCUT2D eigenvalue weighted by Crippen LogP contribution is -2.59. The van der Waals surface area contributed by atoms with E-state index in [0.717, 1.165) is 13.1 Å². The molecule has 0 atom stereocenters. The number of piperazine rings is 1. The lowest BCUT2D eigenvalue weighted by molar-refractivity contribution is 0.0538. The Kier molecular flexibility index (Phi) is 4.15. The largest absolute Gasteiger partial charge is 0.469 e. The molecule has 1 aromatic heterocycles. The van der Waals surface area contributed by atoms with Gasteiger partial charge >= 0.3 is 0 Å². The van der Waals surface area contributed by atoms with Crippen molar-refractivity contribution in [3.63, 3.8) is 0 Å². The molecule has 5 nitrogen and oxygen atoms in total. The molecule has 1 saturated heterocycles. The molecule has 20 heavy (non-hydrogen) atoms. The molecule has 0 bridgehead atoms. The van der Waals surface area contributed by atoms with E-state index in [-0.39, 0.29) is 11.4 Å². The van der Waals surface area contributed by atoms with Crippen molar-refractivity contribution in [1.29, 1.82) is 0 Å². The molecular weight excluding hydrogens is 274 g/mol. The van der Waals surface area contributed by atoms with Crippen LogP contribution in [0, 0.1) is 6.92 Å². The van der Waals surface area contributed by atoms with Crippen LogP contribution in [0.4, 0.5) is 0 Å². The van der Waals surface area contributed by atoms with Gasteiger partial charge in [-0.25, -0.2) is 0 Å². The van der Waals surface area contributed by atoms with Crippen LogP contribution in [0.2, 0.25) is 0 Å². The zero-order valence-corrected chi connectivity index (χ0v) is 13.0. The molecule has 2 N–H and O–H groups in total. The Morgan fingerprint density at radius 2 is 1.95 bits per heavy atom. The molecule has 0 radical (unpaired) electrons. The highest BCUT2D eigenvalue weighted by molar-refractivity contribution is 7.80. The monoisotopic (exact) mass is 295 g/mol. The maximum Gasteiger partial charge on any atom is 0.257 e. The SMILES string of the molecule is Cc1occc1C(=O)N1CCN(C(C)(C)C(N)=S)CC1. The summed E-state index contributed by atoms with van der Waals surface area (Å²) in [7, 11) is 0. The summed E-state index contributed by atoms with van der Waals surface area (Å²) in [6, 6.07) is 1.73. The minimum absolute atomic E-state index is 0.0315. The van der Waals surface area contributed by atoms with Crippen molar-refractivity contribution in [2.75, 3.05) is 26.2 Å². The third kappa shape index (κ3) is 2.71. The van der Waals surface area contributed by atoms with Gasteiger partial charge in [-0.05, 0) is 26.8 Å². The van der Waals surface area contributed by atoms with E-state index < -0.39 is 0 Å². The van der Waals surface area contributed by atoms with Crippen LogP contribution in [0.25, 0.3) is 0 Å². The fourth-order valence-corrected chi connectivity index (χ4v) is 2.53. The van der Waals surface area contributed by atoms with Crippen LogP contribution in [0.5, 0.6) is 0 Å². The average Bonchev–Trinajstić information content (AvgIpc) is 2.84. The summed E-state index contributed by atoms with van der Waals surface area (Å²) < 4.78 is 5.19. The molecule has 0 spiro atoms. The number of thiocarbonyl (C=S) groups is 1. The van der Waals surface area contributed by atoms with Gasteiger partial charge in [-0.1, -0.05) is 12.2 Å². The quantitative estimate of drug-likeness (QED) is 0.854. The minimum atomic E-state index is -0.309. The van der Waals surface area contributed by atoms with E-state index in [1.165, 1.54) is 0 Å². The van der Waals surface area contributed by atoms with Crippen LogP contribution in [0.3, 0.4) is 0 Å². The van der Waals surface area contributed by atoms with Gasteiger partial charge in [-0.2, -0.15) is 0 Å². The van der Waals surface area contributed by atoms with Gasteiger partial charge in [-0.3, -0.25) is 9.69 Å². The summed E-state index contributed by atoms with van der Waals surface area (Å²) in [4.78, 5) is 16.9. The Morgan fingerprint density at radius 1 is 1.35 bits per heavy atom. The number of nitrogens with two attached hydrogens (primary N) is 1. The molecule has 0 unspecified atom stereocenters. The number of carbonyl (C=O) groups excluding carboxylic acids is 1. The lowest BCUT2D eigenvalue weighted by Gasteiger charge is -2.43. The van der Waals surface area contributed by atoms with Crippen molar-refractivity contribution in [1.82, 2.24) is 9.80 Å². The van der Waals surface area contributed by atoms with Crippen molar-refractivity contribution in [2.24, 2.45) is 5.73 Å². The summed E-state index contributed by atoms with van der Waals surface area (Å²) in [5, 5.41) is 0. The number of rotatable bonds is 3. The molecule has 1 aromatic rings. The van der Waals surface area contributed by atoms with Gasteiger partial charge in [0.1, 0.15) is 5.76 Å². The zero-order valence-electron chi connectivity index (χ0n) is 12.2. The minimum Gasteiger partial charge on any atom is -0.469 e. The molecular formula is C14H21N3O2S. The van der Waals surface area contributed by atoms with Crippen LogP contribution in [0.15, 0.2) is 16.7 Å². The van der Waals surface area contributed by atoms with E-state index >= 15 is 0 Å². The van der Waals surface area contributed by atoms with Crippen molar-refractivity contribution >= 4 is 23.1 Å². The smallest absolute Gasteiger partial charge is 0.257 e. The number of amides is 1. The molecule has 0 aromatic carbocycles. The van der Waals surface area contributed by atoms with E-state index in [1.54, 1.807) is 19.3 Å². The first-order valence-electron chi connectivity index (χ1n) is 6.72. The first kappa shape index (κ1) is 15.0. The standard InChI is InChI=1S/C14H21N3O2S/c1-10-11(4-9-19-10)12(18)16-5-7-17(8-6-16)14(2,3)13(15)20/h4,9H,5-8H2,1-3H3,(H2,15,20). The summed E-state index contributed by atoms with van der Waals surface area (Å²) in [5.41, 5.74) is 6.13. The number of nitrogens with zero attached hydrogens (tertiary/aromatic N) is 2. The molecule has 1 aliphatic rings. The van der Waals surface area contributed by atoms with Crippen molar-refractivity contribution < 1.29 is 9.21 Å². The van der Waals surface area contributed by atoms with Crippen molar-refractivity contribution in [3.8, 4) is 0 Å². The van der Waals surface area contributed by atoms with Crippen molar-refractivity contribution in [2.45, 2.75) is 26.3 Å². The van der Waals surface area contributed by atoms with Gasteiger partial charge in [-0.15, -0.1) is 0 Å².